The predicted octanol–water partition coefficient (Wildman–Crippen LogP) is 3.67. The third kappa shape index (κ3) is 2.93. The summed E-state index contributed by atoms with van der Waals surface area (Å²) in [5, 5.41) is 0.586. The van der Waals surface area contributed by atoms with Gasteiger partial charge in [-0.25, -0.2) is 4.98 Å². The molecule has 1 aliphatic heterocycles. The van der Waals surface area contributed by atoms with E-state index in [1.807, 2.05) is 24.3 Å². The third-order valence-electron chi connectivity index (χ3n) is 4.41. The SMILES string of the molecule is COC(=O)C1CC(=O)N(c2cccc(-c3nc4cc(Cl)ccc4o3)c2)C1. The van der Waals surface area contributed by atoms with Crippen molar-refractivity contribution in [2.45, 2.75) is 6.42 Å². The molecule has 26 heavy (non-hydrogen) atoms. The number of ether oxygens (including phenoxy) is 1. The summed E-state index contributed by atoms with van der Waals surface area (Å²) >= 11 is 5.99. The molecule has 0 spiro atoms. The van der Waals surface area contributed by atoms with Crippen molar-refractivity contribution >= 4 is 40.3 Å². The van der Waals surface area contributed by atoms with Crippen LogP contribution in [0.4, 0.5) is 5.69 Å². The largest absolute Gasteiger partial charge is 0.469 e. The summed E-state index contributed by atoms with van der Waals surface area (Å²) in [6.45, 7) is 0.304. The molecule has 1 aliphatic rings. The number of rotatable bonds is 3. The molecule has 1 aromatic heterocycles. The van der Waals surface area contributed by atoms with Crippen LogP contribution in [0.25, 0.3) is 22.6 Å². The number of benzene rings is 2. The van der Waals surface area contributed by atoms with Crippen LogP contribution in [0.2, 0.25) is 5.02 Å². The van der Waals surface area contributed by atoms with Crippen LogP contribution < -0.4 is 4.90 Å². The first-order chi connectivity index (χ1) is 12.5. The molecule has 2 heterocycles. The topological polar surface area (TPSA) is 72.6 Å². The second kappa shape index (κ2) is 6.46. The van der Waals surface area contributed by atoms with Gasteiger partial charge in [-0.05, 0) is 36.4 Å². The molecule has 3 aromatic rings. The van der Waals surface area contributed by atoms with Crippen molar-refractivity contribution in [3.05, 3.63) is 47.5 Å². The van der Waals surface area contributed by atoms with Crippen molar-refractivity contribution in [3.63, 3.8) is 0 Å². The summed E-state index contributed by atoms with van der Waals surface area (Å²) in [5.74, 6) is -0.474. The average Bonchev–Trinajstić information content (AvgIpc) is 3.24. The third-order valence-corrected chi connectivity index (χ3v) is 4.65. The van der Waals surface area contributed by atoms with Crippen LogP contribution in [-0.4, -0.2) is 30.5 Å². The van der Waals surface area contributed by atoms with E-state index in [1.54, 1.807) is 23.1 Å². The molecule has 1 unspecified atom stereocenters. The quantitative estimate of drug-likeness (QED) is 0.658. The molecular weight excluding hydrogens is 356 g/mol. The van der Waals surface area contributed by atoms with Crippen molar-refractivity contribution in [2.75, 3.05) is 18.6 Å². The Morgan fingerprint density at radius 3 is 2.96 bits per heavy atom. The first-order valence-electron chi connectivity index (χ1n) is 8.10. The van der Waals surface area contributed by atoms with Crippen LogP contribution in [0.1, 0.15) is 6.42 Å². The smallest absolute Gasteiger partial charge is 0.311 e. The van der Waals surface area contributed by atoms with Crippen LogP contribution in [0, 0.1) is 5.92 Å². The van der Waals surface area contributed by atoms with E-state index >= 15 is 0 Å². The number of hydrogen-bond donors (Lipinski definition) is 0. The molecule has 132 valence electrons. The summed E-state index contributed by atoms with van der Waals surface area (Å²) in [5.41, 5.74) is 2.74. The highest BCUT2D eigenvalue weighted by Gasteiger charge is 2.35. The van der Waals surface area contributed by atoms with Crippen molar-refractivity contribution in [1.29, 1.82) is 0 Å². The number of esters is 1. The van der Waals surface area contributed by atoms with E-state index in [-0.39, 0.29) is 18.3 Å². The molecule has 6 nitrogen and oxygen atoms in total. The van der Waals surface area contributed by atoms with Crippen LogP contribution in [-0.2, 0) is 14.3 Å². The van der Waals surface area contributed by atoms with E-state index < -0.39 is 5.92 Å². The Hall–Kier alpha value is -2.86. The van der Waals surface area contributed by atoms with Crippen molar-refractivity contribution < 1.29 is 18.7 Å². The summed E-state index contributed by atoms with van der Waals surface area (Å²) < 4.78 is 10.5. The molecule has 0 radical (unpaired) electrons. The van der Waals surface area contributed by atoms with Gasteiger partial charge in [0.1, 0.15) is 5.52 Å². The first kappa shape index (κ1) is 16.6. The molecule has 7 heteroatoms. The number of anilines is 1. The van der Waals surface area contributed by atoms with Gasteiger partial charge >= 0.3 is 5.97 Å². The van der Waals surface area contributed by atoms with Gasteiger partial charge in [-0.3, -0.25) is 9.59 Å². The minimum absolute atomic E-state index is 0.109. The van der Waals surface area contributed by atoms with Gasteiger partial charge in [0, 0.05) is 29.2 Å². The summed E-state index contributed by atoms with van der Waals surface area (Å²) in [4.78, 5) is 30.1. The molecule has 0 N–H and O–H groups in total. The maximum absolute atomic E-state index is 12.3. The van der Waals surface area contributed by atoms with E-state index in [9.17, 15) is 9.59 Å². The van der Waals surface area contributed by atoms with Gasteiger partial charge in [-0.15, -0.1) is 0 Å². The van der Waals surface area contributed by atoms with E-state index in [2.05, 4.69) is 4.98 Å². The molecule has 1 fully saturated rings. The van der Waals surface area contributed by atoms with Crippen LogP contribution in [0.5, 0.6) is 0 Å². The molecule has 0 saturated carbocycles. The molecule has 1 saturated heterocycles. The van der Waals surface area contributed by atoms with Gasteiger partial charge in [0.05, 0.1) is 13.0 Å². The normalized spacial score (nSPS) is 17.1. The standard InChI is InChI=1S/C19H15ClN2O4/c1-25-19(24)12-8-17(23)22(10-12)14-4-2-3-11(7-14)18-21-15-9-13(20)5-6-16(15)26-18/h2-7,9,12H,8,10H2,1H3. The van der Waals surface area contributed by atoms with Gasteiger partial charge in [-0.1, -0.05) is 17.7 Å². The predicted molar refractivity (Wildman–Crippen MR) is 96.9 cm³/mol. The summed E-state index contributed by atoms with van der Waals surface area (Å²) in [6.07, 6.45) is 0.151. The lowest BCUT2D eigenvalue weighted by atomic mass is 10.1. The number of hydrogen-bond acceptors (Lipinski definition) is 5. The van der Waals surface area contributed by atoms with Crippen molar-refractivity contribution in [1.82, 2.24) is 4.98 Å². The number of fused-ring (bicyclic) bond motifs is 1. The van der Waals surface area contributed by atoms with E-state index in [0.29, 0.717) is 34.2 Å². The Labute approximate surface area is 154 Å². The Kier molecular flexibility index (Phi) is 4.12. The van der Waals surface area contributed by atoms with Crippen LogP contribution >= 0.6 is 11.6 Å². The lowest BCUT2D eigenvalue weighted by Crippen LogP contribution is -2.26. The van der Waals surface area contributed by atoms with E-state index in [4.69, 9.17) is 20.8 Å². The highest BCUT2D eigenvalue weighted by atomic mass is 35.5. The minimum atomic E-state index is -0.442. The van der Waals surface area contributed by atoms with Crippen LogP contribution in [0.15, 0.2) is 46.9 Å². The van der Waals surface area contributed by atoms with E-state index in [0.717, 1.165) is 5.56 Å². The number of nitrogens with zero attached hydrogens (tertiary/aromatic N) is 2. The number of aromatic nitrogens is 1. The van der Waals surface area contributed by atoms with Gasteiger partial charge in [0.25, 0.3) is 0 Å². The second-order valence-corrected chi connectivity index (χ2v) is 6.55. The summed E-state index contributed by atoms with van der Waals surface area (Å²) in [6, 6.07) is 12.6. The van der Waals surface area contributed by atoms with E-state index in [1.165, 1.54) is 7.11 Å². The number of halogens is 1. The molecule has 2 aromatic carbocycles. The fraction of sp³-hybridized carbons (Fsp3) is 0.211. The highest BCUT2D eigenvalue weighted by molar-refractivity contribution is 6.31. The monoisotopic (exact) mass is 370 g/mol. The number of methoxy groups -OCH3 is 1. The van der Waals surface area contributed by atoms with Crippen molar-refractivity contribution in [2.24, 2.45) is 5.92 Å². The molecule has 1 atom stereocenters. The van der Waals surface area contributed by atoms with Gasteiger partial charge < -0.3 is 14.1 Å². The Bertz CT molecular complexity index is 1010. The minimum Gasteiger partial charge on any atom is -0.469 e. The molecule has 4 rings (SSSR count). The zero-order valence-corrected chi connectivity index (χ0v) is 14.7. The zero-order valence-electron chi connectivity index (χ0n) is 13.9. The Morgan fingerprint density at radius 2 is 2.15 bits per heavy atom. The lowest BCUT2D eigenvalue weighted by molar-refractivity contribution is -0.145. The van der Waals surface area contributed by atoms with Gasteiger partial charge in [0.2, 0.25) is 11.8 Å². The number of oxazole rings is 1. The van der Waals surface area contributed by atoms with Crippen LogP contribution in [0.3, 0.4) is 0 Å². The fourth-order valence-electron chi connectivity index (χ4n) is 3.11. The second-order valence-electron chi connectivity index (χ2n) is 6.11. The average molecular weight is 371 g/mol. The molecule has 0 aliphatic carbocycles. The van der Waals surface area contributed by atoms with Gasteiger partial charge in [-0.2, -0.15) is 0 Å². The maximum Gasteiger partial charge on any atom is 0.311 e. The number of carbonyl (C=O) groups excluding carboxylic acids is 2. The first-order valence-corrected chi connectivity index (χ1v) is 8.47. The number of amides is 1. The summed E-state index contributed by atoms with van der Waals surface area (Å²) in [7, 11) is 1.33. The number of carbonyl (C=O) groups is 2. The lowest BCUT2D eigenvalue weighted by Gasteiger charge is -2.16. The van der Waals surface area contributed by atoms with Gasteiger partial charge in [0.15, 0.2) is 5.58 Å². The maximum atomic E-state index is 12.3. The molecule has 1 amide bonds. The highest BCUT2D eigenvalue weighted by Crippen LogP contribution is 2.31. The molecule has 0 bridgehead atoms. The van der Waals surface area contributed by atoms with Crippen molar-refractivity contribution in [3.8, 4) is 11.5 Å². The molecular formula is C19H15ClN2O4. The Balaban J connectivity index is 1.66. The fourth-order valence-corrected chi connectivity index (χ4v) is 3.28. The zero-order chi connectivity index (χ0) is 18.3. The Morgan fingerprint density at radius 1 is 1.31 bits per heavy atom.